The summed E-state index contributed by atoms with van der Waals surface area (Å²) in [6.07, 6.45) is 1.35. The van der Waals surface area contributed by atoms with Crippen LogP contribution in [0.2, 0.25) is 0 Å². The van der Waals surface area contributed by atoms with Crippen LogP contribution in [0.15, 0.2) is 0 Å². The number of carboxylic acids is 1. The van der Waals surface area contributed by atoms with Gasteiger partial charge in [0.15, 0.2) is 0 Å². The highest BCUT2D eigenvalue weighted by atomic mass is 16.6. The monoisotopic (exact) mass is 344 g/mol. The summed E-state index contributed by atoms with van der Waals surface area (Å²) in [5.41, 5.74) is -0.472. The summed E-state index contributed by atoms with van der Waals surface area (Å²) in [7, 11) is 0. The Hall–Kier alpha value is -1.72. The normalized spacial score (nSPS) is 13.1. The van der Waals surface area contributed by atoms with Crippen molar-refractivity contribution < 1.29 is 29.0 Å². The zero-order valence-corrected chi connectivity index (χ0v) is 16.0. The molecule has 0 aromatic carbocycles. The van der Waals surface area contributed by atoms with Crippen molar-refractivity contribution in [2.75, 3.05) is 0 Å². The van der Waals surface area contributed by atoms with E-state index >= 15 is 0 Å². The van der Waals surface area contributed by atoms with Crippen LogP contribution in [0.1, 0.15) is 74.1 Å². The molecule has 0 spiro atoms. The molecule has 0 saturated carbocycles. The van der Waals surface area contributed by atoms with Crippen molar-refractivity contribution in [3.05, 3.63) is 0 Å². The molecule has 0 saturated heterocycles. The first-order chi connectivity index (χ1) is 10.8. The standard InChI is InChI=1S/C11H20O3.C7H12O3/c1-6-9(12)7-8(2)10(13)14-11(3,4)5;1-3-6(8)4-5(2)7(9)10/h8H,6-7H2,1-5H3;5H,3-4H2,1-2H3,(H,9,10). The molecular weight excluding hydrogens is 312 g/mol. The van der Waals surface area contributed by atoms with E-state index in [-0.39, 0.29) is 36.3 Å². The molecule has 140 valence electrons. The molecule has 1 N–H and O–H groups in total. The highest BCUT2D eigenvalue weighted by Crippen LogP contribution is 2.14. The smallest absolute Gasteiger partial charge is 0.309 e. The van der Waals surface area contributed by atoms with Crippen molar-refractivity contribution in [1.82, 2.24) is 0 Å². The Morgan fingerprint density at radius 1 is 0.875 bits per heavy atom. The van der Waals surface area contributed by atoms with Crippen molar-refractivity contribution in [3.63, 3.8) is 0 Å². The van der Waals surface area contributed by atoms with Gasteiger partial charge in [-0.05, 0) is 20.8 Å². The van der Waals surface area contributed by atoms with Gasteiger partial charge in [-0.3, -0.25) is 19.2 Å². The van der Waals surface area contributed by atoms with E-state index in [2.05, 4.69) is 0 Å². The highest BCUT2D eigenvalue weighted by molar-refractivity contribution is 5.84. The topological polar surface area (TPSA) is 97.7 Å². The lowest BCUT2D eigenvalue weighted by atomic mass is 10.0. The summed E-state index contributed by atoms with van der Waals surface area (Å²) in [5.74, 6) is -1.95. The van der Waals surface area contributed by atoms with Crippen LogP contribution in [0.25, 0.3) is 0 Å². The Morgan fingerprint density at radius 2 is 1.25 bits per heavy atom. The fourth-order valence-electron chi connectivity index (χ4n) is 1.54. The molecule has 0 bridgehead atoms. The van der Waals surface area contributed by atoms with E-state index in [0.29, 0.717) is 12.8 Å². The van der Waals surface area contributed by atoms with Crippen molar-refractivity contribution >= 4 is 23.5 Å². The Bertz CT molecular complexity index is 433. The van der Waals surface area contributed by atoms with Gasteiger partial charge in [0.2, 0.25) is 0 Å². The second-order valence-corrected chi connectivity index (χ2v) is 6.87. The van der Waals surface area contributed by atoms with Gasteiger partial charge >= 0.3 is 11.9 Å². The van der Waals surface area contributed by atoms with Crippen LogP contribution in [-0.4, -0.2) is 34.2 Å². The molecule has 0 fully saturated rings. The third-order valence-electron chi connectivity index (χ3n) is 3.09. The number of ketones is 2. The van der Waals surface area contributed by atoms with Crippen LogP contribution in [0.4, 0.5) is 0 Å². The van der Waals surface area contributed by atoms with Gasteiger partial charge in [0.1, 0.15) is 17.2 Å². The van der Waals surface area contributed by atoms with Gasteiger partial charge in [0.25, 0.3) is 0 Å². The number of aliphatic carboxylic acids is 1. The van der Waals surface area contributed by atoms with Gasteiger partial charge in [0, 0.05) is 25.7 Å². The molecular formula is C18H32O6. The summed E-state index contributed by atoms with van der Waals surface area (Å²) in [6, 6.07) is 0. The summed E-state index contributed by atoms with van der Waals surface area (Å²) >= 11 is 0. The van der Waals surface area contributed by atoms with Gasteiger partial charge in [-0.1, -0.05) is 27.7 Å². The molecule has 0 aromatic rings. The zero-order valence-electron chi connectivity index (χ0n) is 16.0. The van der Waals surface area contributed by atoms with Crippen LogP contribution in [-0.2, 0) is 23.9 Å². The Balaban J connectivity index is 0. The lowest BCUT2D eigenvalue weighted by Gasteiger charge is -2.21. The fraction of sp³-hybridized carbons (Fsp3) is 0.778. The number of Topliss-reactive ketones (excluding diaryl/α,β-unsaturated/α-hetero) is 2. The molecule has 6 heteroatoms. The van der Waals surface area contributed by atoms with Crippen LogP contribution < -0.4 is 0 Å². The molecule has 0 aliphatic rings. The van der Waals surface area contributed by atoms with E-state index in [9.17, 15) is 19.2 Å². The van der Waals surface area contributed by atoms with Crippen LogP contribution in [0.5, 0.6) is 0 Å². The largest absolute Gasteiger partial charge is 0.481 e. The quantitative estimate of drug-likeness (QED) is 0.678. The fourth-order valence-corrected chi connectivity index (χ4v) is 1.54. The number of carbonyl (C=O) groups excluding carboxylic acids is 3. The maximum absolute atomic E-state index is 11.4. The molecule has 2 unspecified atom stereocenters. The van der Waals surface area contributed by atoms with Gasteiger partial charge in [0.05, 0.1) is 11.8 Å². The van der Waals surface area contributed by atoms with Crippen molar-refractivity contribution in [1.29, 1.82) is 0 Å². The molecule has 0 aliphatic carbocycles. The molecule has 6 nitrogen and oxygen atoms in total. The minimum atomic E-state index is -0.901. The lowest BCUT2D eigenvalue weighted by molar-refractivity contribution is -0.160. The van der Waals surface area contributed by atoms with E-state index in [1.807, 2.05) is 20.8 Å². The summed E-state index contributed by atoms with van der Waals surface area (Å²) < 4.78 is 5.15. The SMILES string of the molecule is CCC(=O)CC(C)C(=O)O.CCC(=O)CC(C)C(=O)OC(C)(C)C. The number of hydrogen-bond donors (Lipinski definition) is 1. The average molecular weight is 344 g/mol. The van der Waals surface area contributed by atoms with Gasteiger partial charge in [-0.25, -0.2) is 0 Å². The maximum atomic E-state index is 11.4. The Labute approximate surface area is 145 Å². The zero-order chi connectivity index (χ0) is 19.5. The Kier molecular flexibility index (Phi) is 12.0. The predicted octanol–water partition coefficient (Wildman–Crippen LogP) is 3.41. The van der Waals surface area contributed by atoms with E-state index in [0.717, 1.165) is 0 Å². The number of rotatable bonds is 8. The van der Waals surface area contributed by atoms with E-state index in [1.165, 1.54) is 6.92 Å². The first kappa shape index (κ1) is 24.5. The first-order valence-electron chi connectivity index (χ1n) is 8.33. The third kappa shape index (κ3) is 13.9. The van der Waals surface area contributed by atoms with Crippen LogP contribution in [0.3, 0.4) is 0 Å². The number of esters is 1. The molecule has 0 rings (SSSR count). The molecule has 0 aliphatic heterocycles. The molecule has 2 atom stereocenters. The van der Waals surface area contributed by atoms with Crippen LogP contribution >= 0.6 is 0 Å². The number of carbonyl (C=O) groups is 4. The van der Waals surface area contributed by atoms with Gasteiger partial charge in [-0.15, -0.1) is 0 Å². The predicted molar refractivity (Wildman–Crippen MR) is 91.6 cm³/mol. The Morgan fingerprint density at radius 3 is 1.54 bits per heavy atom. The molecule has 24 heavy (non-hydrogen) atoms. The number of ether oxygens (including phenoxy) is 1. The van der Waals surface area contributed by atoms with Crippen molar-refractivity contribution in [2.45, 2.75) is 79.8 Å². The van der Waals surface area contributed by atoms with E-state index in [4.69, 9.17) is 9.84 Å². The lowest BCUT2D eigenvalue weighted by Crippen LogP contribution is -2.28. The van der Waals surface area contributed by atoms with Gasteiger partial charge in [-0.2, -0.15) is 0 Å². The van der Waals surface area contributed by atoms with Crippen LogP contribution in [0, 0.1) is 11.8 Å². The molecule has 0 aromatic heterocycles. The second-order valence-electron chi connectivity index (χ2n) is 6.87. The first-order valence-corrected chi connectivity index (χ1v) is 8.33. The maximum Gasteiger partial charge on any atom is 0.309 e. The van der Waals surface area contributed by atoms with E-state index in [1.54, 1.807) is 20.8 Å². The summed E-state index contributed by atoms with van der Waals surface area (Å²) in [5, 5.41) is 8.37. The van der Waals surface area contributed by atoms with E-state index < -0.39 is 17.5 Å². The van der Waals surface area contributed by atoms with Crippen molar-refractivity contribution in [3.8, 4) is 0 Å². The summed E-state index contributed by atoms with van der Waals surface area (Å²) in [4.78, 5) is 43.4. The van der Waals surface area contributed by atoms with Crippen molar-refractivity contribution in [2.24, 2.45) is 11.8 Å². The second kappa shape index (κ2) is 11.8. The molecule has 0 amide bonds. The molecule has 0 radical (unpaired) electrons. The minimum Gasteiger partial charge on any atom is -0.481 e. The minimum absolute atomic E-state index is 0.00917. The summed E-state index contributed by atoms with van der Waals surface area (Å²) in [6.45, 7) is 12.2. The third-order valence-corrected chi connectivity index (χ3v) is 3.09. The average Bonchev–Trinajstić information content (AvgIpc) is 2.45. The molecule has 0 heterocycles. The highest BCUT2D eigenvalue weighted by Gasteiger charge is 2.22. The number of hydrogen-bond acceptors (Lipinski definition) is 5. The number of carboxylic acid groups (broad SMARTS) is 1. The van der Waals surface area contributed by atoms with Gasteiger partial charge < -0.3 is 9.84 Å².